The van der Waals surface area contributed by atoms with Crippen LogP contribution in [0.3, 0.4) is 0 Å². The lowest BCUT2D eigenvalue weighted by Crippen LogP contribution is -2.35. The molecule has 0 atom stereocenters. The maximum Gasteiger partial charge on any atom is 0.258 e. The monoisotopic (exact) mass is 287 g/mol. The summed E-state index contributed by atoms with van der Waals surface area (Å²) in [4.78, 5) is 15.4. The van der Waals surface area contributed by atoms with Crippen LogP contribution >= 0.6 is 11.8 Å². The van der Waals surface area contributed by atoms with Gasteiger partial charge in [-0.25, -0.2) is 4.39 Å². The van der Waals surface area contributed by atoms with Gasteiger partial charge in [0.15, 0.2) is 0 Å². The van der Waals surface area contributed by atoms with Gasteiger partial charge < -0.3 is 4.90 Å². The minimum atomic E-state index is -0.337. The number of carbonyl (C=O) groups is 1. The Labute approximate surface area is 121 Å². The van der Waals surface area contributed by atoms with Crippen LogP contribution in [0.15, 0.2) is 47.4 Å². The van der Waals surface area contributed by atoms with E-state index in [0.29, 0.717) is 17.7 Å². The molecule has 3 rings (SSSR count). The zero-order chi connectivity index (χ0) is 14.1. The Hall–Kier alpha value is -1.81. The molecule has 1 aliphatic heterocycles. The van der Waals surface area contributed by atoms with Gasteiger partial charge in [0.25, 0.3) is 5.91 Å². The summed E-state index contributed by atoms with van der Waals surface area (Å²) in [5.74, 6) is 0.379. The van der Waals surface area contributed by atoms with Crippen LogP contribution < -0.4 is 4.90 Å². The molecule has 20 heavy (non-hydrogen) atoms. The standard InChI is InChI=1S/C16H14FNOS/c1-11-6-7-12(10-13(11)17)16(19)18-8-9-20-15-5-3-2-4-14(15)18/h2-7,10H,8-9H2,1H3. The molecular weight excluding hydrogens is 273 g/mol. The summed E-state index contributed by atoms with van der Waals surface area (Å²) in [6.45, 7) is 2.34. The molecule has 0 aliphatic carbocycles. The second-order valence-corrected chi connectivity index (χ2v) is 5.87. The van der Waals surface area contributed by atoms with E-state index in [1.807, 2.05) is 24.3 Å². The fourth-order valence-corrected chi connectivity index (χ4v) is 3.26. The van der Waals surface area contributed by atoms with E-state index >= 15 is 0 Å². The zero-order valence-corrected chi connectivity index (χ0v) is 11.9. The van der Waals surface area contributed by atoms with Crippen LogP contribution in [0.25, 0.3) is 0 Å². The molecule has 1 aliphatic rings. The van der Waals surface area contributed by atoms with Crippen molar-refractivity contribution in [3.8, 4) is 0 Å². The van der Waals surface area contributed by atoms with Gasteiger partial charge in [0.05, 0.1) is 5.69 Å². The van der Waals surface area contributed by atoms with Gasteiger partial charge >= 0.3 is 0 Å². The largest absolute Gasteiger partial charge is 0.306 e. The molecule has 0 saturated carbocycles. The van der Waals surface area contributed by atoms with Crippen molar-refractivity contribution in [1.29, 1.82) is 0 Å². The van der Waals surface area contributed by atoms with Crippen LogP contribution in [0.1, 0.15) is 15.9 Å². The van der Waals surface area contributed by atoms with E-state index in [-0.39, 0.29) is 11.7 Å². The van der Waals surface area contributed by atoms with Crippen LogP contribution in [0, 0.1) is 12.7 Å². The summed E-state index contributed by atoms with van der Waals surface area (Å²) in [5.41, 5.74) is 1.86. The number of thioether (sulfide) groups is 1. The van der Waals surface area contributed by atoms with Crippen molar-refractivity contribution in [3.05, 3.63) is 59.4 Å². The number of benzene rings is 2. The van der Waals surface area contributed by atoms with E-state index < -0.39 is 0 Å². The summed E-state index contributed by atoms with van der Waals surface area (Å²) < 4.78 is 13.6. The first-order valence-corrected chi connectivity index (χ1v) is 7.45. The Morgan fingerprint density at radius 2 is 2.05 bits per heavy atom. The maximum atomic E-state index is 13.6. The number of fused-ring (bicyclic) bond motifs is 1. The highest BCUT2D eigenvalue weighted by Gasteiger charge is 2.24. The minimum Gasteiger partial charge on any atom is -0.306 e. The minimum absolute atomic E-state index is 0.142. The van der Waals surface area contributed by atoms with Crippen LogP contribution in [-0.4, -0.2) is 18.2 Å². The molecule has 0 spiro atoms. The van der Waals surface area contributed by atoms with Crippen molar-refractivity contribution in [2.75, 3.05) is 17.2 Å². The van der Waals surface area contributed by atoms with E-state index in [0.717, 1.165) is 16.3 Å². The lowest BCUT2D eigenvalue weighted by Gasteiger charge is -2.29. The number of rotatable bonds is 1. The third-order valence-electron chi connectivity index (χ3n) is 3.39. The van der Waals surface area contributed by atoms with Gasteiger partial charge in [0.2, 0.25) is 0 Å². The predicted octanol–water partition coefficient (Wildman–Crippen LogP) is 3.89. The summed E-state index contributed by atoms with van der Waals surface area (Å²) in [6.07, 6.45) is 0. The van der Waals surface area contributed by atoms with Gasteiger partial charge in [0.1, 0.15) is 5.82 Å². The van der Waals surface area contributed by atoms with Crippen LogP contribution in [0.2, 0.25) is 0 Å². The number of amides is 1. The summed E-state index contributed by atoms with van der Waals surface area (Å²) in [7, 11) is 0. The average Bonchev–Trinajstić information content (AvgIpc) is 2.49. The van der Waals surface area contributed by atoms with E-state index in [9.17, 15) is 9.18 Å². The second-order valence-electron chi connectivity index (χ2n) is 4.74. The SMILES string of the molecule is Cc1ccc(C(=O)N2CCSc3ccccc32)cc1F. The second kappa shape index (κ2) is 5.29. The number of nitrogens with zero attached hydrogens (tertiary/aromatic N) is 1. The zero-order valence-electron chi connectivity index (χ0n) is 11.1. The number of carbonyl (C=O) groups excluding carboxylic acids is 1. The highest BCUT2D eigenvalue weighted by molar-refractivity contribution is 7.99. The third kappa shape index (κ3) is 2.31. The van der Waals surface area contributed by atoms with Gasteiger partial charge in [-0.15, -0.1) is 11.8 Å². The molecule has 1 amide bonds. The van der Waals surface area contributed by atoms with Crippen molar-refractivity contribution in [3.63, 3.8) is 0 Å². The first-order chi connectivity index (χ1) is 9.66. The van der Waals surface area contributed by atoms with Gasteiger partial charge in [-0.05, 0) is 36.8 Å². The first-order valence-electron chi connectivity index (χ1n) is 6.46. The van der Waals surface area contributed by atoms with Gasteiger partial charge in [-0.2, -0.15) is 0 Å². The smallest absolute Gasteiger partial charge is 0.258 e. The van der Waals surface area contributed by atoms with Gasteiger partial charge in [0, 0.05) is 22.8 Å². The number of hydrogen-bond acceptors (Lipinski definition) is 2. The molecule has 0 N–H and O–H groups in total. The first kappa shape index (κ1) is 13.2. The quantitative estimate of drug-likeness (QED) is 0.793. The fourth-order valence-electron chi connectivity index (χ4n) is 2.26. The molecule has 0 saturated heterocycles. The molecule has 0 bridgehead atoms. The number of anilines is 1. The Balaban J connectivity index is 1.97. The summed E-state index contributed by atoms with van der Waals surface area (Å²) in [5, 5.41) is 0. The number of para-hydroxylation sites is 1. The molecule has 0 unspecified atom stereocenters. The van der Waals surface area contributed by atoms with E-state index in [4.69, 9.17) is 0 Å². The molecule has 0 aromatic heterocycles. The Morgan fingerprint density at radius 3 is 2.85 bits per heavy atom. The molecule has 1 heterocycles. The summed E-state index contributed by atoms with van der Waals surface area (Å²) in [6, 6.07) is 12.5. The van der Waals surface area contributed by atoms with E-state index in [2.05, 4.69) is 0 Å². The Kier molecular flexibility index (Phi) is 3.49. The highest BCUT2D eigenvalue weighted by Crippen LogP contribution is 2.35. The molecule has 2 nitrogen and oxygen atoms in total. The predicted molar refractivity (Wildman–Crippen MR) is 80.0 cm³/mol. The van der Waals surface area contributed by atoms with Crippen molar-refractivity contribution in [1.82, 2.24) is 0 Å². The molecule has 0 radical (unpaired) electrons. The van der Waals surface area contributed by atoms with E-state index in [1.165, 1.54) is 6.07 Å². The van der Waals surface area contributed by atoms with Crippen LogP contribution in [-0.2, 0) is 0 Å². The fraction of sp³-hybridized carbons (Fsp3) is 0.188. The molecule has 4 heteroatoms. The van der Waals surface area contributed by atoms with Crippen LogP contribution in [0.5, 0.6) is 0 Å². The number of halogens is 1. The molecule has 0 fully saturated rings. The molecule has 102 valence electrons. The normalized spacial score (nSPS) is 14.0. The topological polar surface area (TPSA) is 20.3 Å². The van der Waals surface area contributed by atoms with Crippen LogP contribution in [0.4, 0.5) is 10.1 Å². The number of aryl methyl sites for hydroxylation is 1. The average molecular weight is 287 g/mol. The van der Waals surface area contributed by atoms with Crippen molar-refractivity contribution in [2.45, 2.75) is 11.8 Å². The van der Waals surface area contributed by atoms with Crippen molar-refractivity contribution >= 4 is 23.4 Å². The maximum absolute atomic E-state index is 13.6. The summed E-state index contributed by atoms with van der Waals surface area (Å²) >= 11 is 1.74. The Morgan fingerprint density at radius 1 is 1.25 bits per heavy atom. The van der Waals surface area contributed by atoms with Gasteiger partial charge in [-0.3, -0.25) is 4.79 Å². The number of hydrogen-bond donors (Lipinski definition) is 0. The van der Waals surface area contributed by atoms with Gasteiger partial charge in [-0.1, -0.05) is 18.2 Å². The Bertz CT molecular complexity index is 671. The molecular formula is C16H14FNOS. The molecule has 2 aromatic rings. The lowest BCUT2D eigenvalue weighted by molar-refractivity contribution is 0.0987. The van der Waals surface area contributed by atoms with Crippen molar-refractivity contribution in [2.24, 2.45) is 0 Å². The van der Waals surface area contributed by atoms with Crippen molar-refractivity contribution < 1.29 is 9.18 Å². The lowest BCUT2D eigenvalue weighted by atomic mass is 10.1. The third-order valence-corrected chi connectivity index (χ3v) is 4.44. The van der Waals surface area contributed by atoms with E-state index in [1.54, 1.807) is 35.7 Å². The molecule has 2 aromatic carbocycles. The highest BCUT2D eigenvalue weighted by atomic mass is 32.2.